The van der Waals surface area contributed by atoms with Crippen molar-refractivity contribution in [1.29, 1.82) is 0 Å². The summed E-state index contributed by atoms with van der Waals surface area (Å²) in [4.78, 5) is 0. The summed E-state index contributed by atoms with van der Waals surface area (Å²) in [7, 11) is 0.735. The molecule has 53 heavy (non-hydrogen) atoms. The van der Waals surface area contributed by atoms with Crippen LogP contribution in [0.2, 0.25) is 0 Å². The molecule has 0 saturated carbocycles. The standard InChI is InChI=1S/2C18H15P.C11H13N2.ClH.Pd/c2*1-4-10-16(11-5-1)19(17-12-6-2-7-13-17)18-14-8-3-9-15-18;1-10-8-9-13(12(10)2)11-6-4-3-5-7-11;;/h2*1-15H;3-9H,1-2H3;1H;/p+1. The molecule has 6 heteroatoms. The quantitative estimate of drug-likeness (QED) is 0.117. The van der Waals surface area contributed by atoms with Crippen LogP contribution in [0.25, 0.3) is 0 Å². The summed E-state index contributed by atoms with van der Waals surface area (Å²) in [5.74, 6) is 0. The molecule has 0 N–H and O–H groups in total. The van der Waals surface area contributed by atoms with E-state index in [9.17, 15) is 0 Å². The van der Waals surface area contributed by atoms with Gasteiger partial charge in [0.15, 0.2) is 0 Å². The molecule has 269 valence electrons. The number of nitrogens with zero attached hydrogens (tertiary/aromatic N) is 2. The Morgan fingerprint density at radius 2 is 0.698 bits per heavy atom. The Kier molecular flexibility index (Phi) is 17.4. The molecule has 0 atom stereocenters. The summed E-state index contributed by atoms with van der Waals surface area (Å²) in [5.41, 5.74) is 1.19. The van der Waals surface area contributed by atoms with Gasteiger partial charge in [-0.1, -0.05) is 164 Å². The van der Waals surface area contributed by atoms with Crippen molar-refractivity contribution in [1.82, 2.24) is 5.01 Å². The van der Waals surface area contributed by atoms with Crippen LogP contribution in [0, 0.1) is 6.04 Å². The molecular weight excluding hydrogens is 796 g/mol. The van der Waals surface area contributed by atoms with Crippen molar-refractivity contribution in [3.63, 3.8) is 0 Å². The van der Waals surface area contributed by atoms with Crippen molar-refractivity contribution in [3.05, 3.63) is 231 Å². The average molecular weight is 842 g/mol. The van der Waals surface area contributed by atoms with E-state index in [0.29, 0.717) is 0 Å². The summed E-state index contributed by atoms with van der Waals surface area (Å²) in [6.45, 7) is 2.10. The van der Waals surface area contributed by atoms with Crippen LogP contribution in [0.15, 0.2) is 225 Å². The van der Waals surface area contributed by atoms with E-state index in [0.717, 1.165) is 0 Å². The van der Waals surface area contributed by atoms with E-state index < -0.39 is 15.8 Å². The molecule has 0 saturated heterocycles. The second-order valence-electron chi connectivity index (χ2n) is 12.0. The Labute approximate surface area is 338 Å². The van der Waals surface area contributed by atoms with Crippen molar-refractivity contribution < 1.29 is 20.4 Å². The van der Waals surface area contributed by atoms with Gasteiger partial charge in [-0.15, -0.1) is 12.4 Å². The van der Waals surface area contributed by atoms with Crippen LogP contribution >= 0.6 is 28.3 Å². The second-order valence-corrected chi connectivity index (χ2v) is 16.7. The Morgan fingerprint density at radius 3 is 0.981 bits per heavy atom. The monoisotopic (exact) mass is 840 g/mol. The van der Waals surface area contributed by atoms with Crippen molar-refractivity contribution >= 4 is 65.8 Å². The van der Waals surface area contributed by atoms with E-state index in [1.165, 1.54) is 43.6 Å². The first kappa shape index (κ1) is 41.6. The largest absolute Gasteiger partial charge is 0.281 e. The van der Waals surface area contributed by atoms with Gasteiger partial charge in [0.25, 0.3) is 0 Å². The minimum absolute atomic E-state index is 0. The molecule has 2 nitrogen and oxygen atoms in total. The number of benzene rings is 7. The number of halogens is 1. The third-order valence-corrected chi connectivity index (χ3v) is 13.7. The van der Waals surface area contributed by atoms with E-state index in [-0.39, 0.29) is 32.8 Å². The van der Waals surface area contributed by atoms with Crippen LogP contribution in [0.1, 0.15) is 6.92 Å². The minimum Gasteiger partial charge on any atom is -0.281 e. The van der Waals surface area contributed by atoms with E-state index in [1.54, 1.807) is 0 Å². The van der Waals surface area contributed by atoms with Crippen LogP contribution in [0.4, 0.5) is 5.69 Å². The third-order valence-electron chi connectivity index (χ3n) is 8.54. The number of anilines is 1. The first-order valence-electron chi connectivity index (χ1n) is 17.3. The molecule has 8 rings (SSSR count). The Bertz CT molecular complexity index is 1720. The van der Waals surface area contributed by atoms with Gasteiger partial charge < -0.3 is 0 Å². The summed E-state index contributed by atoms with van der Waals surface area (Å²) >= 11 is 0. The number of likely N-dealkylation sites (N-methyl/N-ethyl adjacent to an activating group) is 1. The maximum absolute atomic E-state index is 2.24. The molecule has 0 aromatic heterocycles. The molecule has 1 aliphatic rings. The van der Waals surface area contributed by atoms with Crippen molar-refractivity contribution in [3.8, 4) is 0 Å². The van der Waals surface area contributed by atoms with E-state index in [1.807, 2.05) is 18.2 Å². The molecule has 1 aliphatic heterocycles. The van der Waals surface area contributed by atoms with E-state index in [4.69, 9.17) is 0 Å². The first-order valence-corrected chi connectivity index (χ1v) is 20.1. The van der Waals surface area contributed by atoms with Crippen molar-refractivity contribution in [2.24, 2.45) is 0 Å². The zero-order valence-electron chi connectivity index (χ0n) is 29.9. The van der Waals surface area contributed by atoms with Gasteiger partial charge in [0.1, 0.15) is 15.9 Å². The molecule has 7 aromatic rings. The van der Waals surface area contributed by atoms with Gasteiger partial charge in [0.2, 0.25) is 0 Å². The topological polar surface area (TPSA) is 6.48 Å². The number of rotatable bonds is 7. The molecule has 7 aromatic carbocycles. The molecular formula is C47H45ClN2P2Pd+. The van der Waals surface area contributed by atoms with Gasteiger partial charge in [-0.2, -0.15) is 0 Å². The van der Waals surface area contributed by atoms with E-state index in [2.05, 4.69) is 230 Å². The van der Waals surface area contributed by atoms with Crippen LogP contribution in [0.5, 0.6) is 0 Å². The summed E-state index contributed by atoms with van der Waals surface area (Å²) in [6.07, 6.45) is 4.18. The molecule has 0 aliphatic carbocycles. The van der Waals surface area contributed by atoms with Crippen molar-refractivity contribution in [2.45, 2.75) is 6.92 Å². The van der Waals surface area contributed by atoms with Gasteiger partial charge >= 0.3 is 0 Å². The number of hydrogen-bond acceptors (Lipinski definition) is 2. The fourth-order valence-electron chi connectivity index (χ4n) is 5.89. The first-order chi connectivity index (χ1) is 25.2. The summed E-state index contributed by atoms with van der Waals surface area (Å²) in [5, 5.41) is 12.7. The predicted octanol–water partition coefficient (Wildman–Crippen LogP) is 9.46. The predicted molar refractivity (Wildman–Crippen MR) is 234 cm³/mol. The molecule has 0 amide bonds. The van der Waals surface area contributed by atoms with Gasteiger partial charge in [-0.3, -0.25) is 5.01 Å². The van der Waals surface area contributed by atoms with Crippen LogP contribution in [-0.4, -0.2) is 12.1 Å². The average Bonchev–Trinajstić information content (AvgIpc) is 3.55. The number of para-hydroxylation sites is 1. The zero-order valence-corrected chi connectivity index (χ0v) is 34.2. The number of hydrazine groups is 1. The Morgan fingerprint density at radius 1 is 0.415 bits per heavy atom. The van der Waals surface area contributed by atoms with Crippen molar-refractivity contribution in [2.75, 3.05) is 12.1 Å². The normalized spacial score (nSPS) is 12.1. The van der Waals surface area contributed by atoms with Gasteiger partial charge in [-0.05, 0) is 85.4 Å². The number of hydrogen-bond donors (Lipinski definition) is 0. The minimum atomic E-state index is -0.877. The fraction of sp³-hybridized carbons (Fsp3) is 0.0426. The molecule has 0 spiro atoms. The van der Waals surface area contributed by atoms with Gasteiger partial charge in [0, 0.05) is 33.7 Å². The Balaban J connectivity index is 0.000000178. The molecule has 1 radical (unpaired) electrons. The second kappa shape index (κ2) is 22.2. The van der Waals surface area contributed by atoms with Gasteiger partial charge in [0.05, 0.1) is 19.7 Å². The molecule has 1 heterocycles. The summed E-state index contributed by atoms with van der Waals surface area (Å²) in [6, 6.07) is 76.4. The summed E-state index contributed by atoms with van der Waals surface area (Å²) < 4.78 is 0. The SMILES string of the molecule is C[C]1C=CN(c2ccccc2)N1C.Cl.[Pd].c1ccc(P(c2ccccc2)c2ccccc2)cc1.c1ccc([PH+](c2ccccc2)c2ccccc2)cc1. The smallest absolute Gasteiger partial charge is 0.102 e. The maximum atomic E-state index is 2.24. The van der Waals surface area contributed by atoms with Crippen LogP contribution in [-0.2, 0) is 20.4 Å². The molecule has 0 unspecified atom stereocenters. The van der Waals surface area contributed by atoms with Crippen LogP contribution in [0.3, 0.4) is 0 Å². The molecule has 0 fully saturated rings. The molecule has 0 bridgehead atoms. The van der Waals surface area contributed by atoms with Crippen LogP contribution < -0.4 is 36.8 Å². The third kappa shape index (κ3) is 11.7. The Hall–Kier alpha value is -4.15. The fourth-order valence-corrected chi connectivity index (χ4v) is 10.8. The zero-order chi connectivity index (χ0) is 35.1. The van der Waals surface area contributed by atoms with Gasteiger partial charge in [-0.25, -0.2) is 5.01 Å². The maximum Gasteiger partial charge on any atom is 0.102 e. The van der Waals surface area contributed by atoms with E-state index >= 15 is 0 Å².